The zero-order valence-electron chi connectivity index (χ0n) is 7.87. The van der Waals surface area contributed by atoms with Gasteiger partial charge in [0.05, 0.1) is 7.11 Å². The monoisotopic (exact) mass is 203 g/mol. The summed E-state index contributed by atoms with van der Waals surface area (Å²) in [5.74, 6) is -0.115. The lowest BCUT2D eigenvalue weighted by Crippen LogP contribution is -2.42. The normalized spacial score (nSPS) is 26.9. The Balaban J connectivity index is 2.71. The molecule has 1 aliphatic heterocycles. The first-order valence-corrected chi connectivity index (χ1v) is 4.52. The predicted octanol–water partition coefficient (Wildman–Crippen LogP) is 0.457. The molecular weight excluding hydrogens is 190 g/mol. The molecule has 0 bridgehead atoms. The van der Waals surface area contributed by atoms with E-state index in [1.54, 1.807) is 0 Å². The zero-order valence-corrected chi connectivity index (χ0v) is 8.68. The van der Waals surface area contributed by atoms with Crippen molar-refractivity contribution in [2.24, 2.45) is 5.92 Å². The minimum absolute atomic E-state index is 0.219. The Labute approximate surface area is 82.6 Å². The van der Waals surface area contributed by atoms with Crippen molar-refractivity contribution in [3.63, 3.8) is 0 Å². The van der Waals surface area contributed by atoms with E-state index in [0.717, 1.165) is 0 Å². The lowest BCUT2D eigenvalue weighted by Gasteiger charge is -2.17. The number of hydrogen-bond acceptors (Lipinski definition) is 4. The van der Waals surface area contributed by atoms with E-state index < -0.39 is 6.04 Å². The molecule has 1 fully saturated rings. The van der Waals surface area contributed by atoms with E-state index in [1.165, 1.54) is 7.11 Å². The summed E-state index contributed by atoms with van der Waals surface area (Å²) in [7, 11) is 1.35. The average Bonchev–Trinajstić information content (AvgIpc) is 2.46. The number of rotatable bonds is 2. The van der Waals surface area contributed by atoms with Crippen LogP contribution >= 0.6 is 12.2 Å². The van der Waals surface area contributed by atoms with Crippen molar-refractivity contribution in [3.05, 3.63) is 0 Å². The van der Waals surface area contributed by atoms with E-state index in [0.29, 0.717) is 0 Å². The number of nitrogens with one attached hydrogen (secondary N) is 1. The van der Waals surface area contributed by atoms with Gasteiger partial charge in [0.1, 0.15) is 6.10 Å². The van der Waals surface area contributed by atoms with Crippen LogP contribution in [0.25, 0.3) is 0 Å². The second-order valence-corrected chi connectivity index (χ2v) is 3.63. The fraction of sp³-hybridized carbons (Fsp3) is 0.750. The molecule has 1 saturated heterocycles. The molecule has 1 aliphatic rings. The van der Waals surface area contributed by atoms with Crippen LogP contribution in [-0.4, -0.2) is 30.4 Å². The summed E-state index contributed by atoms with van der Waals surface area (Å²) in [6.45, 7) is 3.94. The third kappa shape index (κ3) is 2.09. The molecular formula is C8H13NO3S. The summed E-state index contributed by atoms with van der Waals surface area (Å²) in [4.78, 5) is 11.3. The SMILES string of the molecule is COC(=O)[C@H]1NC(=S)O[C@@H]1C(C)C. The first-order chi connectivity index (χ1) is 6.06. The average molecular weight is 203 g/mol. The van der Waals surface area contributed by atoms with Crippen LogP contribution in [0.5, 0.6) is 0 Å². The van der Waals surface area contributed by atoms with Gasteiger partial charge in [0, 0.05) is 0 Å². The van der Waals surface area contributed by atoms with Crippen molar-refractivity contribution in [2.75, 3.05) is 7.11 Å². The maximum Gasteiger partial charge on any atom is 0.332 e. The number of thiocarbonyl (C=S) groups is 1. The van der Waals surface area contributed by atoms with E-state index in [9.17, 15) is 4.79 Å². The lowest BCUT2D eigenvalue weighted by molar-refractivity contribution is -0.144. The first-order valence-electron chi connectivity index (χ1n) is 4.11. The molecule has 5 heteroatoms. The molecule has 0 aromatic carbocycles. The van der Waals surface area contributed by atoms with Crippen LogP contribution < -0.4 is 5.32 Å². The highest BCUT2D eigenvalue weighted by atomic mass is 32.1. The summed E-state index contributed by atoms with van der Waals surface area (Å²) in [6.07, 6.45) is -0.222. The first kappa shape index (κ1) is 10.2. The highest BCUT2D eigenvalue weighted by molar-refractivity contribution is 7.80. The number of esters is 1. The fourth-order valence-electron chi connectivity index (χ4n) is 1.28. The van der Waals surface area contributed by atoms with Crippen molar-refractivity contribution in [1.82, 2.24) is 5.32 Å². The van der Waals surface area contributed by atoms with Gasteiger partial charge in [-0.3, -0.25) is 0 Å². The van der Waals surface area contributed by atoms with Gasteiger partial charge in [-0.2, -0.15) is 0 Å². The molecule has 0 saturated carbocycles. The van der Waals surface area contributed by atoms with E-state index in [1.807, 2.05) is 13.8 Å². The van der Waals surface area contributed by atoms with Crippen molar-refractivity contribution in [3.8, 4) is 0 Å². The van der Waals surface area contributed by atoms with Crippen molar-refractivity contribution in [1.29, 1.82) is 0 Å². The summed E-state index contributed by atoms with van der Waals surface area (Å²) in [6, 6.07) is -0.461. The summed E-state index contributed by atoms with van der Waals surface area (Å²) < 4.78 is 9.90. The van der Waals surface area contributed by atoms with Crippen LogP contribution in [0.4, 0.5) is 0 Å². The van der Waals surface area contributed by atoms with E-state index in [-0.39, 0.29) is 23.2 Å². The molecule has 0 aromatic rings. The topological polar surface area (TPSA) is 47.6 Å². The van der Waals surface area contributed by atoms with Crippen LogP contribution in [0.15, 0.2) is 0 Å². The smallest absolute Gasteiger partial charge is 0.332 e. The maximum absolute atomic E-state index is 11.3. The Morgan fingerprint density at radius 1 is 1.69 bits per heavy atom. The Kier molecular flexibility index (Phi) is 3.08. The van der Waals surface area contributed by atoms with Crippen LogP contribution in [0.2, 0.25) is 0 Å². The van der Waals surface area contributed by atoms with Crippen LogP contribution in [0, 0.1) is 5.92 Å². The van der Waals surface area contributed by atoms with E-state index >= 15 is 0 Å². The molecule has 1 heterocycles. The Morgan fingerprint density at radius 2 is 2.31 bits per heavy atom. The van der Waals surface area contributed by atoms with Gasteiger partial charge in [0.2, 0.25) is 0 Å². The molecule has 1 rings (SSSR count). The molecule has 0 spiro atoms. The van der Waals surface area contributed by atoms with Gasteiger partial charge in [0.25, 0.3) is 5.17 Å². The lowest BCUT2D eigenvalue weighted by atomic mass is 10.0. The minimum Gasteiger partial charge on any atom is -0.467 e. The Morgan fingerprint density at radius 3 is 2.77 bits per heavy atom. The van der Waals surface area contributed by atoms with Crippen molar-refractivity contribution in [2.45, 2.75) is 26.0 Å². The minimum atomic E-state index is -0.461. The maximum atomic E-state index is 11.3. The molecule has 74 valence electrons. The molecule has 13 heavy (non-hydrogen) atoms. The van der Waals surface area contributed by atoms with Crippen LogP contribution in [0.1, 0.15) is 13.8 Å². The second-order valence-electron chi connectivity index (χ2n) is 3.26. The molecule has 2 atom stereocenters. The van der Waals surface area contributed by atoms with E-state index in [4.69, 9.17) is 17.0 Å². The molecule has 0 aliphatic carbocycles. The molecule has 4 nitrogen and oxygen atoms in total. The second kappa shape index (κ2) is 3.91. The largest absolute Gasteiger partial charge is 0.467 e. The molecule has 0 aromatic heterocycles. The van der Waals surface area contributed by atoms with Gasteiger partial charge < -0.3 is 14.8 Å². The Bertz CT molecular complexity index is 229. The molecule has 0 amide bonds. The van der Waals surface area contributed by atoms with Gasteiger partial charge in [-0.1, -0.05) is 13.8 Å². The number of ether oxygens (including phenoxy) is 2. The molecule has 0 radical (unpaired) electrons. The summed E-state index contributed by atoms with van der Waals surface area (Å²) >= 11 is 4.82. The molecule has 0 unspecified atom stereocenters. The van der Waals surface area contributed by atoms with Crippen molar-refractivity contribution < 1.29 is 14.3 Å². The fourth-order valence-corrected chi connectivity index (χ4v) is 1.51. The van der Waals surface area contributed by atoms with Crippen LogP contribution in [0.3, 0.4) is 0 Å². The van der Waals surface area contributed by atoms with Gasteiger partial charge in [0.15, 0.2) is 6.04 Å². The van der Waals surface area contributed by atoms with Gasteiger partial charge in [-0.15, -0.1) is 0 Å². The zero-order chi connectivity index (χ0) is 10.0. The van der Waals surface area contributed by atoms with Gasteiger partial charge >= 0.3 is 5.97 Å². The third-order valence-electron chi connectivity index (χ3n) is 1.96. The summed E-state index contributed by atoms with van der Waals surface area (Å²) in [5, 5.41) is 3.04. The highest BCUT2D eigenvalue weighted by Gasteiger charge is 2.39. The highest BCUT2D eigenvalue weighted by Crippen LogP contribution is 2.18. The van der Waals surface area contributed by atoms with E-state index in [2.05, 4.69) is 10.1 Å². The predicted molar refractivity (Wildman–Crippen MR) is 51.2 cm³/mol. The number of carbonyl (C=O) groups excluding carboxylic acids is 1. The van der Waals surface area contributed by atoms with Crippen molar-refractivity contribution >= 4 is 23.4 Å². The van der Waals surface area contributed by atoms with Gasteiger partial charge in [-0.05, 0) is 18.1 Å². The third-order valence-corrected chi connectivity index (χ3v) is 2.17. The quantitative estimate of drug-likeness (QED) is 0.522. The number of methoxy groups -OCH3 is 1. The standard InChI is InChI=1S/C8H13NO3S/c1-4(2)6-5(7(10)11-3)9-8(13)12-6/h4-6H,1-3H3,(H,9,13)/t5-,6+/m0/s1. The number of carbonyl (C=O) groups is 1. The van der Waals surface area contributed by atoms with Gasteiger partial charge in [-0.25, -0.2) is 4.79 Å². The number of hydrogen-bond donors (Lipinski definition) is 1. The summed E-state index contributed by atoms with van der Waals surface area (Å²) in [5.41, 5.74) is 0. The van der Waals surface area contributed by atoms with Crippen LogP contribution in [-0.2, 0) is 14.3 Å². The Hall–Kier alpha value is -0.840. The molecule has 1 N–H and O–H groups in total.